The smallest absolute Gasteiger partial charge is 0.227 e. The van der Waals surface area contributed by atoms with Gasteiger partial charge in [0.15, 0.2) is 0 Å². The SMILES string of the molecule is COC1(CC(=O)Nc2cccc(C=O)c2)CCC1. The lowest BCUT2D eigenvalue weighted by molar-refractivity contribution is -0.129. The first-order valence-corrected chi connectivity index (χ1v) is 6.08. The lowest BCUT2D eigenvalue weighted by Crippen LogP contribution is -2.42. The Hall–Kier alpha value is -1.68. The van der Waals surface area contributed by atoms with Gasteiger partial charge in [-0.15, -0.1) is 0 Å². The van der Waals surface area contributed by atoms with Crippen molar-refractivity contribution in [1.82, 2.24) is 0 Å². The fourth-order valence-electron chi connectivity index (χ4n) is 2.21. The van der Waals surface area contributed by atoms with E-state index in [0.29, 0.717) is 17.7 Å². The Morgan fingerprint density at radius 2 is 2.28 bits per heavy atom. The van der Waals surface area contributed by atoms with Crippen molar-refractivity contribution in [2.75, 3.05) is 12.4 Å². The molecule has 0 radical (unpaired) electrons. The molecule has 1 aromatic rings. The van der Waals surface area contributed by atoms with E-state index in [-0.39, 0.29) is 11.5 Å². The van der Waals surface area contributed by atoms with Gasteiger partial charge < -0.3 is 10.1 Å². The first-order valence-electron chi connectivity index (χ1n) is 6.08. The number of carbonyl (C=O) groups excluding carboxylic acids is 2. The highest BCUT2D eigenvalue weighted by Gasteiger charge is 2.38. The Labute approximate surface area is 106 Å². The molecular formula is C14H17NO3. The highest BCUT2D eigenvalue weighted by molar-refractivity contribution is 5.92. The van der Waals surface area contributed by atoms with E-state index in [4.69, 9.17) is 4.74 Å². The number of amides is 1. The number of benzene rings is 1. The molecule has 18 heavy (non-hydrogen) atoms. The van der Waals surface area contributed by atoms with Gasteiger partial charge in [-0.25, -0.2) is 0 Å². The van der Waals surface area contributed by atoms with Crippen LogP contribution in [0.4, 0.5) is 5.69 Å². The minimum atomic E-state index is -0.271. The number of hydrogen-bond donors (Lipinski definition) is 1. The predicted molar refractivity (Wildman–Crippen MR) is 68.7 cm³/mol. The molecule has 0 aromatic heterocycles. The summed E-state index contributed by atoms with van der Waals surface area (Å²) >= 11 is 0. The van der Waals surface area contributed by atoms with Crippen molar-refractivity contribution < 1.29 is 14.3 Å². The number of methoxy groups -OCH3 is 1. The average Bonchev–Trinajstić information content (AvgIpc) is 2.34. The molecule has 1 aliphatic carbocycles. The number of anilines is 1. The van der Waals surface area contributed by atoms with Gasteiger partial charge >= 0.3 is 0 Å². The zero-order valence-electron chi connectivity index (χ0n) is 10.4. The van der Waals surface area contributed by atoms with Gasteiger partial charge in [-0.2, -0.15) is 0 Å². The zero-order valence-corrected chi connectivity index (χ0v) is 10.4. The minimum Gasteiger partial charge on any atom is -0.378 e. The van der Waals surface area contributed by atoms with Gasteiger partial charge in [0.2, 0.25) is 5.91 Å². The van der Waals surface area contributed by atoms with Crippen molar-refractivity contribution in [1.29, 1.82) is 0 Å². The van der Waals surface area contributed by atoms with E-state index >= 15 is 0 Å². The number of rotatable bonds is 5. The molecule has 0 atom stereocenters. The Kier molecular flexibility index (Phi) is 3.77. The van der Waals surface area contributed by atoms with E-state index in [1.165, 1.54) is 0 Å². The molecule has 0 saturated heterocycles. The van der Waals surface area contributed by atoms with E-state index in [9.17, 15) is 9.59 Å². The quantitative estimate of drug-likeness (QED) is 0.813. The highest BCUT2D eigenvalue weighted by Crippen LogP contribution is 2.38. The maximum Gasteiger partial charge on any atom is 0.227 e. The third-order valence-corrected chi connectivity index (χ3v) is 3.49. The van der Waals surface area contributed by atoms with E-state index in [2.05, 4.69) is 5.32 Å². The van der Waals surface area contributed by atoms with Crippen LogP contribution in [-0.4, -0.2) is 24.9 Å². The summed E-state index contributed by atoms with van der Waals surface area (Å²) in [5.41, 5.74) is 0.930. The summed E-state index contributed by atoms with van der Waals surface area (Å²) in [4.78, 5) is 22.5. The molecule has 0 heterocycles. The van der Waals surface area contributed by atoms with Crippen LogP contribution in [0.1, 0.15) is 36.0 Å². The van der Waals surface area contributed by atoms with Gasteiger partial charge in [0.1, 0.15) is 6.29 Å². The molecular weight excluding hydrogens is 230 g/mol. The first kappa shape index (κ1) is 12.8. The van der Waals surface area contributed by atoms with Crippen LogP contribution in [0, 0.1) is 0 Å². The number of hydrogen-bond acceptors (Lipinski definition) is 3. The number of nitrogens with one attached hydrogen (secondary N) is 1. The summed E-state index contributed by atoms with van der Waals surface area (Å²) in [5.74, 6) is -0.0698. The van der Waals surface area contributed by atoms with Crippen LogP contribution in [0.5, 0.6) is 0 Å². The highest BCUT2D eigenvalue weighted by atomic mass is 16.5. The van der Waals surface area contributed by atoms with Crippen LogP contribution in [0.25, 0.3) is 0 Å². The first-order chi connectivity index (χ1) is 8.67. The van der Waals surface area contributed by atoms with Crippen LogP contribution in [-0.2, 0) is 9.53 Å². The second-order valence-corrected chi connectivity index (χ2v) is 4.71. The van der Waals surface area contributed by atoms with Gasteiger partial charge in [0, 0.05) is 18.4 Å². The molecule has 4 heteroatoms. The Morgan fingerprint density at radius 1 is 1.50 bits per heavy atom. The molecule has 96 valence electrons. The molecule has 0 bridgehead atoms. The molecule has 2 rings (SSSR count). The van der Waals surface area contributed by atoms with Gasteiger partial charge in [-0.3, -0.25) is 9.59 Å². The topological polar surface area (TPSA) is 55.4 Å². The molecule has 1 aliphatic rings. The summed E-state index contributed by atoms with van der Waals surface area (Å²) in [6.07, 6.45) is 4.12. The van der Waals surface area contributed by atoms with Crippen molar-refractivity contribution in [2.45, 2.75) is 31.3 Å². The number of carbonyl (C=O) groups is 2. The van der Waals surface area contributed by atoms with Crippen molar-refractivity contribution >= 4 is 17.9 Å². The average molecular weight is 247 g/mol. The molecule has 0 unspecified atom stereocenters. The Balaban J connectivity index is 1.96. The third kappa shape index (κ3) is 2.76. The summed E-state index contributed by atoms with van der Waals surface area (Å²) in [6, 6.07) is 6.87. The maximum atomic E-state index is 11.9. The maximum absolute atomic E-state index is 11.9. The van der Waals surface area contributed by atoms with Gasteiger partial charge in [-0.1, -0.05) is 12.1 Å². The largest absolute Gasteiger partial charge is 0.378 e. The van der Waals surface area contributed by atoms with Crippen LogP contribution in [0.15, 0.2) is 24.3 Å². The van der Waals surface area contributed by atoms with E-state index in [1.807, 2.05) is 0 Å². The summed E-state index contributed by atoms with van der Waals surface area (Å²) in [6.45, 7) is 0. The normalized spacial score (nSPS) is 16.7. The standard InChI is InChI=1S/C14H17NO3/c1-18-14(6-3-7-14)9-13(17)15-12-5-2-4-11(8-12)10-16/h2,4-5,8,10H,3,6-7,9H2,1H3,(H,15,17). The molecule has 1 fully saturated rings. The third-order valence-electron chi connectivity index (χ3n) is 3.49. The summed E-state index contributed by atoms with van der Waals surface area (Å²) < 4.78 is 5.41. The zero-order chi connectivity index (χ0) is 13.0. The van der Waals surface area contributed by atoms with E-state index in [0.717, 1.165) is 25.5 Å². The molecule has 1 saturated carbocycles. The molecule has 0 aliphatic heterocycles. The molecule has 1 N–H and O–H groups in total. The fraction of sp³-hybridized carbons (Fsp3) is 0.429. The monoisotopic (exact) mass is 247 g/mol. The van der Waals surface area contributed by atoms with Gasteiger partial charge in [0.25, 0.3) is 0 Å². The van der Waals surface area contributed by atoms with E-state index in [1.54, 1.807) is 31.4 Å². The van der Waals surface area contributed by atoms with Crippen molar-refractivity contribution in [2.24, 2.45) is 0 Å². The Morgan fingerprint density at radius 3 is 2.83 bits per heavy atom. The molecule has 1 amide bonds. The van der Waals surface area contributed by atoms with E-state index < -0.39 is 0 Å². The summed E-state index contributed by atoms with van der Waals surface area (Å²) in [5, 5.41) is 2.80. The molecule has 1 aromatic carbocycles. The van der Waals surface area contributed by atoms with Crippen molar-refractivity contribution in [3.63, 3.8) is 0 Å². The van der Waals surface area contributed by atoms with Crippen molar-refractivity contribution in [3.05, 3.63) is 29.8 Å². The van der Waals surface area contributed by atoms with Crippen LogP contribution < -0.4 is 5.32 Å². The minimum absolute atomic E-state index is 0.0698. The lowest BCUT2D eigenvalue weighted by Gasteiger charge is -2.39. The van der Waals surface area contributed by atoms with Crippen LogP contribution in [0.2, 0.25) is 0 Å². The van der Waals surface area contributed by atoms with Crippen LogP contribution in [0.3, 0.4) is 0 Å². The van der Waals surface area contributed by atoms with Gasteiger partial charge in [0.05, 0.1) is 12.0 Å². The van der Waals surface area contributed by atoms with Crippen LogP contribution >= 0.6 is 0 Å². The molecule has 4 nitrogen and oxygen atoms in total. The predicted octanol–water partition coefficient (Wildman–Crippen LogP) is 2.40. The number of ether oxygens (including phenoxy) is 1. The van der Waals surface area contributed by atoms with Gasteiger partial charge in [-0.05, 0) is 31.4 Å². The second kappa shape index (κ2) is 5.31. The van der Waals surface area contributed by atoms with Crippen molar-refractivity contribution in [3.8, 4) is 0 Å². The number of aldehydes is 1. The Bertz CT molecular complexity index is 447. The second-order valence-electron chi connectivity index (χ2n) is 4.71. The lowest BCUT2D eigenvalue weighted by atomic mass is 9.77. The summed E-state index contributed by atoms with van der Waals surface area (Å²) in [7, 11) is 1.65. The molecule has 0 spiro atoms. The fourth-order valence-corrected chi connectivity index (χ4v) is 2.21.